The van der Waals surface area contributed by atoms with Gasteiger partial charge in [-0.3, -0.25) is 14.9 Å². The number of ether oxygens (including phenoxy) is 4. The summed E-state index contributed by atoms with van der Waals surface area (Å²) < 4.78 is 26.7. The number of nitro groups is 1. The van der Waals surface area contributed by atoms with E-state index in [2.05, 4.69) is 9.47 Å². The zero-order valence-electron chi connectivity index (χ0n) is 17.5. The van der Waals surface area contributed by atoms with Crippen molar-refractivity contribution in [3.05, 3.63) is 45.0 Å². The number of Topliss-reactive ketones (excluding diaryl/α,β-unsaturated/α-hetero) is 1. The van der Waals surface area contributed by atoms with Gasteiger partial charge in [-0.25, -0.2) is 0 Å². The molecule has 164 valence electrons. The Morgan fingerprint density at radius 3 is 2.13 bits per heavy atom. The lowest BCUT2D eigenvalue weighted by Gasteiger charge is -2.24. The van der Waals surface area contributed by atoms with Gasteiger partial charge < -0.3 is 23.5 Å². The second-order valence-electron chi connectivity index (χ2n) is 6.59. The van der Waals surface area contributed by atoms with E-state index in [-0.39, 0.29) is 29.2 Å². The first-order valence-electron chi connectivity index (χ1n) is 9.20. The minimum Gasteiger partial charge on any atom is -0.493 e. The van der Waals surface area contributed by atoms with Crippen LogP contribution in [0.2, 0.25) is 0 Å². The molecule has 0 heterocycles. The minimum absolute atomic E-state index is 0.154. The fraction of sp³-hybridized carbons (Fsp3) is 0.286. The van der Waals surface area contributed by atoms with Crippen molar-refractivity contribution in [2.45, 2.75) is 12.8 Å². The summed E-state index contributed by atoms with van der Waals surface area (Å²) in [7, 11) is 7.96. The lowest BCUT2D eigenvalue weighted by Crippen LogP contribution is -2.14. The monoisotopic (exact) mass is 447 g/mol. The van der Waals surface area contributed by atoms with Crippen molar-refractivity contribution in [2.24, 2.45) is 0 Å². The molecule has 2 aromatic rings. The molecule has 0 aromatic heterocycles. The predicted molar refractivity (Wildman–Crippen MR) is 117 cm³/mol. The summed E-state index contributed by atoms with van der Waals surface area (Å²) in [5.74, 6) is 1.59. The highest BCUT2D eigenvalue weighted by Crippen LogP contribution is 2.48. The minimum atomic E-state index is -0.533. The Bertz CT molecular complexity index is 1080. The molecule has 1 atom stereocenters. The molecule has 2 aromatic carbocycles. The van der Waals surface area contributed by atoms with E-state index in [9.17, 15) is 14.9 Å². The van der Waals surface area contributed by atoms with Crippen LogP contribution in [0.5, 0.6) is 28.7 Å². The molecule has 1 aliphatic rings. The molecule has 10 heteroatoms. The molecule has 0 spiro atoms. The summed E-state index contributed by atoms with van der Waals surface area (Å²) in [5, 5.41) is 11.7. The maximum atomic E-state index is 12.9. The lowest BCUT2D eigenvalue weighted by molar-refractivity contribution is -0.385. The van der Waals surface area contributed by atoms with E-state index < -0.39 is 4.92 Å². The average Bonchev–Trinajstić information content (AvgIpc) is 2.78. The summed E-state index contributed by atoms with van der Waals surface area (Å²) >= 11 is 0. The van der Waals surface area contributed by atoms with E-state index in [0.717, 1.165) is 5.56 Å². The fourth-order valence-electron chi connectivity index (χ4n) is 3.64. The van der Waals surface area contributed by atoms with Gasteiger partial charge in [0.2, 0.25) is 5.75 Å². The van der Waals surface area contributed by atoms with E-state index in [1.54, 1.807) is 6.07 Å². The van der Waals surface area contributed by atoms with Crippen LogP contribution in [0.4, 0.5) is 5.69 Å². The Balaban J connectivity index is 2.30. The zero-order valence-corrected chi connectivity index (χ0v) is 18.7. The summed E-state index contributed by atoms with van der Waals surface area (Å²) in [6, 6.07) is 4.41. The molecule has 0 radical (unpaired) electrons. The van der Waals surface area contributed by atoms with Gasteiger partial charge in [-0.1, -0.05) is 0 Å². The number of rotatable bonds is 7. The zero-order chi connectivity index (χ0) is 22.7. The van der Waals surface area contributed by atoms with Crippen molar-refractivity contribution in [3.8, 4) is 28.7 Å². The number of ketones is 1. The highest BCUT2D eigenvalue weighted by molar-refractivity contribution is 7.10. The Kier molecular flexibility index (Phi) is 6.65. The maximum Gasteiger partial charge on any atom is 0.280 e. The third kappa shape index (κ3) is 4.01. The summed E-state index contributed by atoms with van der Waals surface area (Å²) in [4.78, 5) is 24.0. The highest BCUT2D eigenvalue weighted by atomic mass is 31.0. The van der Waals surface area contributed by atoms with Crippen LogP contribution in [0.1, 0.15) is 23.1 Å². The molecule has 0 N–H and O–H groups in total. The molecule has 0 aliphatic heterocycles. The van der Waals surface area contributed by atoms with E-state index in [1.807, 2.05) is 0 Å². The smallest absolute Gasteiger partial charge is 0.280 e. The van der Waals surface area contributed by atoms with E-state index in [4.69, 9.17) is 23.5 Å². The third-order valence-electron chi connectivity index (χ3n) is 5.06. The van der Waals surface area contributed by atoms with Crippen LogP contribution in [-0.4, -0.2) is 39.1 Å². The number of benzene rings is 2. The molecule has 1 unspecified atom stereocenters. The van der Waals surface area contributed by atoms with Gasteiger partial charge in [0.05, 0.1) is 54.5 Å². The van der Waals surface area contributed by atoms with Gasteiger partial charge in [0.25, 0.3) is 5.69 Å². The summed E-state index contributed by atoms with van der Waals surface area (Å²) in [6.07, 6.45) is 2.15. The summed E-state index contributed by atoms with van der Waals surface area (Å²) in [5.41, 5.74) is 1.63. The van der Waals surface area contributed by atoms with Crippen LogP contribution >= 0.6 is 9.47 Å². The standard InChI is InChI=1S/C21H22NO8P/c1-26-17-8-11(15(22(24)25)10-18(17)27-2)7-14-13-9-19(30-31)21(29-4)20(28-3)12(13)5-6-16(14)23/h7-10H,5-6,31H2,1-4H3/b14-7-. The van der Waals surface area contributed by atoms with E-state index >= 15 is 0 Å². The van der Waals surface area contributed by atoms with Crippen molar-refractivity contribution in [1.29, 1.82) is 0 Å². The lowest BCUT2D eigenvalue weighted by atomic mass is 9.84. The highest BCUT2D eigenvalue weighted by Gasteiger charge is 2.30. The Morgan fingerprint density at radius 2 is 1.58 bits per heavy atom. The first kappa shape index (κ1) is 22.4. The summed E-state index contributed by atoms with van der Waals surface area (Å²) in [6.45, 7) is 0. The average molecular weight is 447 g/mol. The van der Waals surface area contributed by atoms with Crippen LogP contribution in [0.25, 0.3) is 11.6 Å². The van der Waals surface area contributed by atoms with Crippen LogP contribution in [0, 0.1) is 10.1 Å². The van der Waals surface area contributed by atoms with Crippen LogP contribution in [0.3, 0.4) is 0 Å². The van der Waals surface area contributed by atoms with Crippen molar-refractivity contribution in [2.75, 3.05) is 28.4 Å². The quantitative estimate of drug-likeness (QED) is 0.273. The number of nitro benzene ring substituents is 1. The van der Waals surface area contributed by atoms with Crippen molar-refractivity contribution in [1.82, 2.24) is 0 Å². The topological polar surface area (TPSA) is 106 Å². The molecule has 0 amide bonds. The van der Waals surface area contributed by atoms with Gasteiger partial charge in [-0.05, 0) is 30.2 Å². The molecule has 1 aliphatic carbocycles. The van der Waals surface area contributed by atoms with Crippen LogP contribution < -0.4 is 23.5 Å². The molecule has 3 rings (SSSR count). The second-order valence-corrected chi connectivity index (χ2v) is 6.83. The predicted octanol–water partition coefficient (Wildman–Crippen LogP) is 3.85. The second kappa shape index (κ2) is 9.22. The largest absolute Gasteiger partial charge is 0.493 e. The van der Waals surface area contributed by atoms with Gasteiger partial charge in [0.1, 0.15) is 0 Å². The normalized spacial score (nSPS) is 14.1. The fourth-order valence-corrected chi connectivity index (χ4v) is 3.81. The van der Waals surface area contributed by atoms with E-state index in [1.165, 1.54) is 46.6 Å². The van der Waals surface area contributed by atoms with Crippen LogP contribution in [-0.2, 0) is 11.2 Å². The number of fused-ring (bicyclic) bond motifs is 1. The van der Waals surface area contributed by atoms with Gasteiger partial charge in [0.15, 0.2) is 28.8 Å². The molecule has 0 fully saturated rings. The number of allylic oxidation sites excluding steroid dienone is 1. The van der Waals surface area contributed by atoms with Gasteiger partial charge >= 0.3 is 0 Å². The number of hydrogen-bond donors (Lipinski definition) is 0. The molecule has 0 saturated heterocycles. The SMILES string of the molecule is COc1cc(/C=C2\C(=O)CCc3c2cc(OP)c(OC)c3OC)c([N+](=O)[O-])cc1OC. The van der Waals surface area contributed by atoms with Crippen molar-refractivity contribution >= 4 is 32.6 Å². The molecule has 9 nitrogen and oxygen atoms in total. The maximum absolute atomic E-state index is 12.9. The number of hydrogen-bond acceptors (Lipinski definition) is 8. The number of nitrogens with zero attached hydrogens (tertiary/aromatic N) is 1. The molecular formula is C21H22NO8P. The Hall–Kier alpha value is -3.32. The molecule has 0 saturated carbocycles. The van der Waals surface area contributed by atoms with Gasteiger partial charge in [-0.2, -0.15) is 0 Å². The number of carbonyl (C=O) groups is 1. The molecular weight excluding hydrogens is 425 g/mol. The van der Waals surface area contributed by atoms with Gasteiger partial charge in [0, 0.05) is 17.6 Å². The third-order valence-corrected chi connectivity index (χ3v) is 5.32. The Morgan fingerprint density at radius 1 is 0.935 bits per heavy atom. The Labute approximate surface area is 181 Å². The van der Waals surface area contributed by atoms with Crippen molar-refractivity contribution in [3.63, 3.8) is 0 Å². The number of methoxy groups -OCH3 is 4. The van der Waals surface area contributed by atoms with Gasteiger partial charge in [-0.15, -0.1) is 0 Å². The first-order valence-corrected chi connectivity index (χ1v) is 9.67. The number of carbonyl (C=O) groups excluding carboxylic acids is 1. The first-order chi connectivity index (χ1) is 14.9. The molecule has 0 bridgehead atoms. The van der Waals surface area contributed by atoms with Crippen molar-refractivity contribution < 1.29 is 33.2 Å². The van der Waals surface area contributed by atoms with Crippen LogP contribution in [0.15, 0.2) is 18.2 Å². The van der Waals surface area contributed by atoms with E-state index in [0.29, 0.717) is 40.6 Å². The molecule has 31 heavy (non-hydrogen) atoms.